The van der Waals surface area contributed by atoms with Crippen molar-refractivity contribution in [2.75, 3.05) is 38.2 Å². The maximum absolute atomic E-state index is 12.3. The van der Waals surface area contributed by atoms with Gasteiger partial charge in [0.2, 0.25) is 0 Å². The number of rotatable bonds is 11. The number of benzene rings is 1. The molecule has 3 rings (SSSR count). The zero-order valence-electron chi connectivity index (χ0n) is 16.5. The van der Waals surface area contributed by atoms with Gasteiger partial charge in [0.15, 0.2) is 5.88 Å². The van der Waals surface area contributed by atoms with Crippen molar-refractivity contribution in [3.63, 3.8) is 0 Å². The summed E-state index contributed by atoms with van der Waals surface area (Å²) in [7, 11) is 0. The highest BCUT2D eigenvalue weighted by Gasteiger charge is 2.11. The molecule has 4 N–H and O–H groups in total. The molecule has 0 aliphatic heterocycles. The minimum atomic E-state index is -0.444. The summed E-state index contributed by atoms with van der Waals surface area (Å²) in [6.45, 7) is 1.62. The first-order valence-corrected chi connectivity index (χ1v) is 9.68. The Balaban J connectivity index is 1.50. The van der Waals surface area contributed by atoms with Gasteiger partial charge in [-0.25, -0.2) is 0 Å². The number of H-pyrrole nitrogens is 1. The predicted molar refractivity (Wildman–Crippen MR) is 114 cm³/mol. The van der Waals surface area contributed by atoms with Crippen molar-refractivity contribution in [1.29, 1.82) is 5.26 Å². The van der Waals surface area contributed by atoms with Crippen LogP contribution >= 0.6 is 0 Å². The third-order valence-corrected chi connectivity index (χ3v) is 4.41. The van der Waals surface area contributed by atoms with E-state index in [-0.39, 0.29) is 18.8 Å². The largest absolute Gasteiger partial charge is 0.441 e. The van der Waals surface area contributed by atoms with Crippen LogP contribution in [0.15, 0.2) is 52.6 Å². The highest BCUT2D eigenvalue weighted by Crippen LogP contribution is 2.18. The second kappa shape index (κ2) is 10.9. The van der Waals surface area contributed by atoms with E-state index in [0.29, 0.717) is 37.8 Å². The Morgan fingerprint density at radius 2 is 2.10 bits per heavy atom. The molecule has 0 aliphatic carbocycles. The van der Waals surface area contributed by atoms with Crippen molar-refractivity contribution in [2.24, 2.45) is 0 Å². The summed E-state index contributed by atoms with van der Waals surface area (Å²) in [6, 6.07) is 13.3. The molecule has 0 aliphatic rings. The van der Waals surface area contributed by atoms with E-state index in [2.05, 4.69) is 15.6 Å². The molecular weight excluding hydrogens is 384 g/mol. The van der Waals surface area contributed by atoms with Crippen molar-refractivity contribution < 1.29 is 19.1 Å². The molecule has 0 unspecified atom stereocenters. The summed E-state index contributed by atoms with van der Waals surface area (Å²) in [4.78, 5) is 15.6. The molecular formula is C22H24N4O4. The molecule has 0 spiro atoms. The highest BCUT2D eigenvalue weighted by molar-refractivity contribution is 6.01. The lowest BCUT2D eigenvalue weighted by atomic mass is 10.1. The van der Waals surface area contributed by atoms with Crippen LogP contribution in [-0.2, 0) is 16.0 Å². The summed E-state index contributed by atoms with van der Waals surface area (Å²) in [5.74, 6) is 0.462. The van der Waals surface area contributed by atoms with E-state index in [1.165, 1.54) is 6.08 Å². The zero-order chi connectivity index (χ0) is 21.2. The summed E-state index contributed by atoms with van der Waals surface area (Å²) in [5.41, 5.74) is 2.14. The topological polar surface area (TPSA) is 123 Å². The number of carbonyl (C=O) groups is 1. The minimum Gasteiger partial charge on any atom is -0.441 e. The molecule has 0 bridgehead atoms. The van der Waals surface area contributed by atoms with E-state index >= 15 is 0 Å². The first-order chi connectivity index (χ1) is 14.7. The lowest BCUT2D eigenvalue weighted by Gasteiger charge is -2.04. The number of nitrogens with zero attached hydrogens (tertiary/aromatic N) is 1. The van der Waals surface area contributed by atoms with Crippen LogP contribution in [0.4, 0.5) is 5.88 Å². The third-order valence-electron chi connectivity index (χ3n) is 4.41. The van der Waals surface area contributed by atoms with E-state index in [1.54, 1.807) is 12.1 Å². The Kier molecular flexibility index (Phi) is 7.66. The average molecular weight is 408 g/mol. The first-order valence-electron chi connectivity index (χ1n) is 9.68. The molecule has 2 heterocycles. The molecule has 0 radical (unpaired) electrons. The SMILES string of the molecule is N#CC(=Cc1ccc(NCCOCCO)o1)C(=O)NCCc1c[nH]c2ccccc12. The molecule has 30 heavy (non-hydrogen) atoms. The number of nitrogens with one attached hydrogen (secondary N) is 3. The number of hydrogen-bond acceptors (Lipinski definition) is 6. The summed E-state index contributed by atoms with van der Waals surface area (Å²) in [5, 5.41) is 24.9. The van der Waals surface area contributed by atoms with E-state index in [9.17, 15) is 10.1 Å². The molecule has 8 heteroatoms. The van der Waals surface area contributed by atoms with Gasteiger partial charge in [-0.05, 0) is 24.1 Å². The fraction of sp³-hybridized carbons (Fsp3) is 0.273. The number of aromatic nitrogens is 1. The van der Waals surface area contributed by atoms with Gasteiger partial charge in [0.05, 0.1) is 19.8 Å². The van der Waals surface area contributed by atoms with Crippen molar-refractivity contribution in [2.45, 2.75) is 6.42 Å². The number of aliphatic hydroxyl groups is 1. The molecule has 1 aromatic carbocycles. The number of aromatic amines is 1. The van der Waals surface area contributed by atoms with Gasteiger partial charge in [-0.3, -0.25) is 4.79 Å². The lowest BCUT2D eigenvalue weighted by molar-refractivity contribution is -0.117. The Hall–Kier alpha value is -3.54. The Morgan fingerprint density at radius 3 is 2.93 bits per heavy atom. The molecule has 156 valence electrons. The number of hydrogen-bond donors (Lipinski definition) is 4. The normalized spacial score (nSPS) is 11.4. The predicted octanol–water partition coefficient (Wildman–Crippen LogP) is 2.45. The fourth-order valence-corrected chi connectivity index (χ4v) is 2.97. The highest BCUT2D eigenvalue weighted by atomic mass is 16.5. The van der Waals surface area contributed by atoms with Crippen molar-refractivity contribution in [3.05, 3.63) is 59.5 Å². The molecule has 0 saturated carbocycles. The maximum atomic E-state index is 12.3. The van der Waals surface area contributed by atoms with E-state index < -0.39 is 5.91 Å². The summed E-state index contributed by atoms with van der Waals surface area (Å²) >= 11 is 0. The number of furan rings is 1. The quantitative estimate of drug-likeness (QED) is 0.220. The van der Waals surface area contributed by atoms with Gasteiger partial charge in [0.1, 0.15) is 17.4 Å². The second-order valence-corrected chi connectivity index (χ2v) is 6.50. The molecule has 0 saturated heterocycles. The Bertz CT molecular complexity index is 1040. The monoisotopic (exact) mass is 408 g/mol. The van der Waals surface area contributed by atoms with Gasteiger partial charge in [-0.15, -0.1) is 0 Å². The van der Waals surface area contributed by atoms with Gasteiger partial charge in [-0.1, -0.05) is 18.2 Å². The number of aliphatic hydroxyl groups excluding tert-OH is 1. The standard InChI is InChI=1S/C22H24N4O4/c23-14-17(13-18-5-6-21(30-18)24-9-11-29-12-10-27)22(28)25-8-7-16-15-26-20-4-2-1-3-19(16)20/h1-6,13,15,24,26-27H,7-12H2,(H,25,28). The smallest absolute Gasteiger partial charge is 0.262 e. The van der Waals surface area contributed by atoms with Crippen LogP contribution in [0.2, 0.25) is 0 Å². The Labute approximate surface area is 174 Å². The lowest BCUT2D eigenvalue weighted by Crippen LogP contribution is -2.26. The molecule has 3 aromatic rings. The summed E-state index contributed by atoms with van der Waals surface area (Å²) in [6.07, 6.45) is 4.00. The van der Waals surface area contributed by atoms with Crippen LogP contribution in [-0.4, -0.2) is 48.9 Å². The third kappa shape index (κ3) is 5.73. The number of para-hydroxylation sites is 1. The van der Waals surface area contributed by atoms with E-state index in [0.717, 1.165) is 16.5 Å². The Morgan fingerprint density at radius 1 is 1.23 bits per heavy atom. The molecule has 0 atom stereocenters. The van der Waals surface area contributed by atoms with Crippen LogP contribution in [0.25, 0.3) is 17.0 Å². The van der Waals surface area contributed by atoms with Crippen LogP contribution in [0.3, 0.4) is 0 Å². The minimum absolute atomic E-state index is 0.0174. The van der Waals surface area contributed by atoms with E-state index in [1.807, 2.05) is 36.5 Å². The molecule has 8 nitrogen and oxygen atoms in total. The molecule has 0 fully saturated rings. The average Bonchev–Trinajstić information content (AvgIpc) is 3.39. The van der Waals surface area contributed by atoms with Crippen LogP contribution in [0.5, 0.6) is 0 Å². The van der Waals surface area contributed by atoms with Crippen molar-refractivity contribution in [3.8, 4) is 6.07 Å². The number of anilines is 1. The number of carbonyl (C=O) groups excluding carboxylic acids is 1. The van der Waals surface area contributed by atoms with Crippen LogP contribution in [0.1, 0.15) is 11.3 Å². The summed E-state index contributed by atoms with van der Waals surface area (Å²) < 4.78 is 10.7. The van der Waals surface area contributed by atoms with Crippen molar-refractivity contribution >= 4 is 28.8 Å². The van der Waals surface area contributed by atoms with Gasteiger partial charge >= 0.3 is 0 Å². The molecule has 1 amide bonds. The second-order valence-electron chi connectivity index (χ2n) is 6.50. The van der Waals surface area contributed by atoms with Gasteiger partial charge in [-0.2, -0.15) is 5.26 Å². The number of fused-ring (bicyclic) bond motifs is 1. The van der Waals surface area contributed by atoms with E-state index in [4.69, 9.17) is 14.3 Å². The van der Waals surface area contributed by atoms with Crippen LogP contribution in [0, 0.1) is 11.3 Å². The molecule has 2 aromatic heterocycles. The number of ether oxygens (including phenoxy) is 1. The van der Waals surface area contributed by atoms with Gasteiger partial charge in [0.25, 0.3) is 5.91 Å². The van der Waals surface area contributed by atoms with Crippen LogP contribution < -0.4 is 10.6 Å². The first kappa shape index (κ1) is 21.2. The van der Waals surface area contributed by atoms with Gasteiger partial charge in [0, 0.05) is 42.3 Å². The van der Waals surface area contributed by atoms with Gasteiger partial charge < -0.3 is 29.9 Å². The number of amides is 1. The van der Waals surface area contributed by atoms with Crippen molar-refractivity contribution in [1.82, 2.24) is 10.3 Å². The fourth-order valence-electron chi connectivity index (χ4n) is 2.97. The number of nitriles is 1. The maximum Gasteiger partial charge on any atom is 0.262 e. The zero-order valence-corrected chi connectivity index (χ0v) is 16.5.